The standard InChI is InChI=1S/C12H16ClN3O2/c1-17-6-12-15-10(13)5-11(16-12)14-8-4-7-2-3-9(8)18-7/h5,7-9H,2-4,6H2,1H3,(H,14,15,16). The van der Waals surface area contributed by atoms with Crippen LogP contribution >= 0.6 is 11.6 Å². The molecule has 2 fully saturated rings. The smallest absolute Gasteiger partial charge is 0.158 e. The number of nitrogens with one attached hydrogen (secondary N) is 1. The van der Waals surface area contributed by atoms with Gasteiger partial charge in [0.1, 0.15) is 17.6 Å². The van der Waals surface area contributed by atoms with E-state index in [1.165, 1.54) is 6.42 Å². The van der Waals surface area contributed by atoms with E-state index in [9.17, 15) is 0 Å². The Kier molecular flexibility index (Phi) is 3.37. The first-order chi connectivity index (χ1) is 8.74. The monoisotopic (exact) mass is 269 g/mol. The molecule has 98 valence electrons. The molecule has 5 nitrogen and oxygen atoms in total. The Morgan fingerprint density at radius 1 is 1.50 bits per heavy atom. The van der Waals surface area contributed by atoms with Crippen LogP contribution in [0.3, 0.4) is 0 Å². The van der Waals surface area contributed by atoms with E-state index in [-0.39, 0.29) is 0 Å². The first-order valence-corrected chi connectivity index (χ1v) is 6.57. The number of methoxy groups -OCH3 is 1. The molecule has 0 amide bonds. The number of anilines is 1. The molecule has 18 heavy (non-hydrogen) atoms. The molecule has 3 rings (SSSR count). The summed E-state index contributed by atoms with van der Waals surface area (Å²) in [5, 5.41) is 3.83. The zero-order valence-electron chi connectivity index (χ0n) is 10.2. The van der Waals surface area contributed by atoms with Gasteiger partial charge in [-0.2, -0.15) is 0 Å². The molecule has 0 radical (unpaired) electrons. The van der Waals surface area contributed by atoms with E-state index >= 15 is 0 Å². The second-order valence-electron chi connectivity index (χ2n) is 4.79. The maximum atomic E-state index is 5.97. The van der Waals surface area contributed by atoms with Crippen molar-refractivity contribution >= 4 is 17.4 Å². The third-order valence-corrected chi connectivity index (χ3v) is 3.65. The van der Waals surface area contributed by atoms with E-state index in [0.29, 0.717) is 35.8 Å². The Morgan fingerprint density at radius 3 is 3.06 bits per heavy atom. The summed E-state index contributed by atoms with van der Waals surface area (Å²) in [6.45, 7) is 0.364. The number of fused-ring (bicyclic) bond motifs is 2. The van der Waals surface area contributed by atoms with Crippen molar-refractivity contribution < 1.29 is 9.47 Å². The lowest BCUT2D eigenvalue weighted by Crippen LogP contribution is -2.31. The van der Waals surface area contributed by atoms with Gasteiger partial charge in [0, 0.05) is 13.2 Å². The first-order valence-electron chi connectivity index (χ1n) is 6.19. The molecule has 0 saturated carbocycles. The van der Waals surface area contributed by atoms with Gasteiger partial charge in [0.15, 0.2) is 5.82 Å². The molecule has 3 atom stereocenters. The van der Waals surface area contributed by atoms with Gasteiger partial charge in [0.05, 0.1) is 18.2 Å². The highest BCUT2D eigenvalue weighted by Crippen LogP contribution is 2.35. The minimum Gasteiger partial charge on any atom is -0.377 e. The van der Waals surface area contributed by atoms with Crippen molar-refractivity contribution in [2.45, 2.75) is 44.1 Å². The number of nitrogens with zero attached hydrogens (tertiary/aromatic N) is 2. The van der Waals surface area contributed by atoms with Gasteiger partial charge < -0.3 is 14.8 Å². The van der Waals surface area contributed by atoms with Gasteiger partial charge in [-0.15, -0.1) is 0 Å². The van der Waals surface area contributed by atoms with E-state index in [1.54, 1.807) is 13.2 Å². The SMILES string of the molecule is COCc1nc(Cl)cc(NC2CC3CCC2O3)n1. The number of rotatable bonds is 4. The molecule has 2 aliphatic rings. The number of aromatic nitrogens is 2. The van der Waals surface area contributed by atoms with Crippen molar-refractivity contribution in [1.29, 1.82) is 0 Å². The van der Waals surface area contributed by atoms with Crippen LogP contribution in [0.5, 0.6) is 0 Å². The average Bonchev–Trinajstić information content (AvgIpc) is 2.90. The molecule has 6 heteroatoms. The van der Waals surface area contributed by atoms with E-state index < -0.39 is 0 Å². The summed E-state index contributed by atoms with van der Waals surface area (Å²) >= 11 is 5.97. The lowest BCUT2D eigenvalue weighted by molar-refractivity contribution is 0.102. The van der Waals surface area contributed by atoms with Gasteiger partial charge in [-0.05, 0) is 19.3 Å². The topological polar surface area (TPSA) is 56.3 Å². The maximum Gasteiger partial charge on any atom is 0.158 e. The summed E-state index contributed by atoms with van der Waals surface area (Å²) in [7, 11) is 1.61. The van der Waals surface area contributed by atoms with Crippen molar-refractivity contribution in [3.63, 3.8) is 0 Å². The van der Waals surface area contributed by atoms with Crippen LogP contribution in [0.25, 0.3) is 0 Å². The van der Waals surface area contributed by atoms with E-state index in [0.717, 1.165) is 18.7 Å². The number of halogens is 1. The van der Waals surface area contributed by atoms with Crippen molar-refractivity contribution in [3.8, 4) is 0 Å². The highest BCUT2D eigenvalue weighted by atomic mass is 35.5. The Balaban J connectivity index is 1.72. The third kappa shape index (κ3) is 2.43. The second kappa shape index (κ2) is 4.99. The molecule has 2 aliphatic heterocycles. The van der Waals surface area contributed by atoms with Gasteiger partial charge in [0.2, 0.25) is 0 Å². The van der Waals surface area contributed by atoms with Gasteiger partial charge >= 0.3 is 0 Å². The maximum absolute atomic E-state index is 5.97. The molecule has 3 heterocycles. The van der Waals surface area contributed by atoms with E-state index in [4.69, 9.17) is 21.1 Å². The highest BCUT2D eigenvalue weighted by Gasteiger charge is 2.40. The van der Waals surface area contributed by atoms with Crippen LogP contribution in [0.1, 0.15) is 25.1 Å². The summed E-state index contributed by atoms with van der Waals surface area (Å²) in [5.74, 6) is 1.35. The molecule has 0 spiro atoms. The Hall–Kier alpha value is -0.910. The van der Waals surface area contributed by atoms with Crippen molar-refractivity contribution in [1.82, 2.24) is 9.97 Å². The average molecular weight is 270 g/mol. The zero-order valence-corrected chi connectivity index (χ0v) is 11.0. The summed E-state index contributed by atoms with van der Waals surface area (Å²) < 4.78 is 10.8. The van der Waals surface area contributed by atoms with Crippen molar-refractivity contribution in [2.75, 3.05) is 12.4 Å². The van der Waals surface area contributed by atoms with Gasteiger partial charge in [-0.25, -0.2) is 9.97 Å². The second-order valence-corrected chi connectivity index (χ2v) is 5.17. The predicted octanol–water partition coefficient (Wildman–Crippen LogP) is 2.01. The zero-order chi connectivity index (χ0) is 12.5. The summed E-state index contributed by atoms with van der Waals surface area (Å²) in [6, 6.07) is 2.08. The fraction of sp³-hybridized carbons (Fsp3) is 0.667. The molecule has 3 unspecified atom stereocenters. The van der Waals surface area contributed by atoms with Crippen LogP contribution in [0, 0.1) is 0 Å². The minimum absolute atomic E-state index is 0.314. The molecular weight excluding hydrogens is 254 g/mol. The molecule has 2 bridgehead atoms. The summed E-state index contributed by atoms with van der Waals surface area (Å²) in [6.07, 6.45) is 4.10. The molecule has 0 aliphatic carbocycles. The lowest BCUT2D eigenvalue weighted by atomic mass is 9.95. The minimum atomic E-state index is 0.314. The van der Waals surface area contributed by atoms with Crippen LogP contribution in [-0.4, -0.2) is 35.3 Å². The molecule has 1 aromatic heterocycles. The molecule has 2 saturated heterocycles. The normalized spacial score (nSPS) is 29.8. The Labute approximate surface area is 111 Å². The van der Waals surface area contributed by atoms with Crippen LogP contribution < -0.4 is 5.32 Å². The molecular formula is C12H16ClN3O2. The van der Waals surface area contributed by atoms with Crippen molar-refractivity contribution in [2.24, 2.45) is 0 Å². The predicted molar refractivity (Wildman–Crippen MR) is 67.7 cm³/mol. The number of ether oxygens (including phenoxy) is 2. The lowest BCUT2D eigenvalue weighted by Gasteiger charge is -2.20. The Bertz CT molecular complexity index is 443. The largest absolute Gasteiger partial charge is 0.377 e. The number of hydrogen-bond acceptors (Lipinski definition) is 5. The first kappa shape index (κ1) is 12.1. The van der Waals surface area contributed by atoms with Crippen LogP contribution in [-0.2, 0) is 16.1 Å². The summed E-state index contributed by atoms with van der Waals surface area (Å²) in [5.41, 5.74) is 0. The molecule has 0 aromatic carbocycles. The third-order valence-electron chi connectivity index (χ3n) is 3.45. The fourth-order valence-electron chi connectivity index (χ4n) is 2.71. The van der Waals surface area contributed by atoms with Gasteiger partial charge in [0.25, 0.3) is 0 Å². The fourth-order valence-corrected chi connectivity index (χ4v) is 2.91. The molecule has 1 aromatic rings. The quantitative estimate of drug-likeness (QED) is 0.848. The van der Waals surface area contributed by atoms with Crippen LogP contribution in [0.2, 0.25) is 5.15 Å². The van der Waals surface area contributed by atoms with E-state index in [2.05, 4.69) is 15.3 Å². The van der Waals surface area contributed by atoms with Gasteiger partial charge in [-0.1, -0.05) is 11.6 Å². The van der Waals surface area contributed by atoms with Crippen LogP contribution in [0.4, 0.5) is 5.82 Å². The summed E-state index contributed by atoms with van der Waals surface area (Å²) in [4.78, 5) is 8.49. The highest BCUT2D eigenvalue weighted by molar-refractivity contribution is 6.29. The molecule has 1 N–H and O–H groups in total. The van der Waals surface area contributed by atoms with E-state index in [1.807, 2.05) is 0 Å². The number of hydrogen-bond donors (Lipinski definition) is 1. The Morgan fingerprint density at radius 2 is 2.39 bits per heavy atom. The van der Waals surface area contributed by atoms with Crippen LogP contribution in [0.15, 0.2) is 6.07 Å². The van der Waals surface area contributed by atoms with Gasteiger partial charge in [-0.3, -0.25) is 0 Å². The van der Waals surface area contributed by atoms with Crippen molar-refractivity contribution in [3.05, 3.63) is 17.0 Å².